The minimum Gasteiger partial charge on any atom is -0.460 e. The number of carbonyl (C=O) groups is 1. The Bertz CT molecular complexity index is 618. The smallest absolute Gasteiger partial charge is 0.306 e. The molecular weight excluding hydrogens is 528 g/mol. The first-order chi connectivity index (χ1) is 19.8. The summed E-state index contributed by atoms with van der Waals surface area (Å²) < 4.78 is 16.6. The minimum atomic E-state index is -1.52. The Kier molecular flexibility index (Phi) is 22.9. The average Bonchev–Trinajstić information content (AvgIpc) is 2.96. The van der Waals surface area contributed by atoms with E-state index in [-0.39, 0.29) is 19.0 Å². The number of esters is 1. The van der Waals surface area contributed by atoms with Crippen molar-refractivity contribution < 1.29 is 44.5 Å². The lowest BCUT2D eigenvalue weighted by atomic mass is 9.99. The maximum absolute atomic E-state index is 12.5. The molecule has 1 aliphatic rings. The van der Waals surface area contributed by atoms with Gasteiger partial charge >= 0.3 is 5.97 Å². The fourth-order valence-electron chi connectivity index (χ4n) is 5.31. The normalized spacial score (nSPS) is 24.3. The van der Waals surface area contributed by atoms with Gasteiger partial charge in [0.15, 0.2) is 6.29 Å². The molecule has 9 heteroatoms. The Labute approximate surface area is 249 Å². The number of aliphatic hydroxyl groups excluding tert-OH is 5. The van der Waals surface area contributed by atoms with Gasteiger partial charge in [-0.3, -0.25) is 4.79 Å². The Balaban J connectivity index is 2.43. The molecule has 0 aromatic carbocycles. The van der Waals surface area contributed by atoms with Gasteiger partial charge in [-0.25, -0.2) is 0 Å². The predicted octanol–water partition coefficient (Wildman–Crippen LogP) is 4.92. The zero-order valence-electron chi connectivity index (χ0n) is 26.0. The highest BCUT2D eigenvalue weighted by Gasteiger charge is 2.44. The molecule has 0 aromatic heterocycles. The van der Waals surface area contributed by atoms with Crippen molar-refractivity contribution in [3.05, 3.63) is 0 Å². The van der Waals surface area contributed by atoms with Crippen molar-refractivity contribution in [1.29, 1.82) is 0 Å². The van der Waals surface area contributed by atoms with Crippen molar-refractivity contribution in [3.8, 4) is 0 Å². The van der Waals surface area contributed by atoms with E-state index in [0.717, 1.165) is 51.4 Å². The Morgan fingerprint density at radius 3 is 1.76 bits per heavy atom. The van der Waals surface area contributed by atoms with Crippen LogP contribution in [0.2, 0.25) is 0 Å². The number of unbranched alkanes of at least 4 members (excludes halogenated alkanes) is 15. The summed E-state index contributed by atoms with van der Waals surface area (Å²) in [6.07, 6.45) is 12.6. The van der Waals surface area contributed by atoms with Crippen molar-refractivity contribution in [1.82, 2.24) is 0 Å². The molecule has 1 heterocycles. The molecule has 1 rings (SSSR count). The van der Waals surface area contributed by atoms with Gasteiger partial charge < -0.3 is 39.7 Å². The summed E-state index contributed by atoms with van der Waals surface area (Å²) in [7, 11) is 0. The molecule has 0 amide bonds. The molecule has 0 bridgehead atoms. The first kappa shape index (κ1) is 38.2. The summed E-state index contributed by atoms with van der Waals surface area (Å²) in [6.45, 7) is 3.83. The van der Waals surface area contributed by atoms with Gasteiger partial charge in [-0.15, -0.1) is 0 Å². The highest BCUT2D eigenvalue weighted by Crippen LogP contribution is 2.23. The topological polar surface area (TPSA) is 146 Å². The van der Waals surface area contributed by atoms with Gasteiger partial charge in [0, 0.05) is 12.8 Å². The molecule has 5 N–H and O–H groups in total. The molecule has 1 saturated heterocycles. The van der Waals surface area contributed by atoms with Gasteiger partial charge in [0.25, 0.3) is 0 Å². The molecule has 0 aromatic rings. The number of aliphatic hydroxyl groups is 5. The monoisotopic (exact) mass is 590 g/mol. The molecule has 0 spiro atoms. The van der Waals surface area contributed by atoms with E-state index < -0.39 is 49.5 Å². The quantitative estimate of drug-likeness (QED) is 0.0700. The highest BCUT2D eigenvalue weighted by atomic mass is 16.7. The summed E-state index contributed by atoms with van der Waals surface area (Å²) >= 11 is 0. The zero-order valence-corrected chi connectivity index (χ0v) is 26.0. The summed E-state index contributed by atoms with van der Waals surface area (Å²) in [5, 5.41) is 50.2. The van der Waals surface area contributed by atoms with E-state index in [4.69, 9.17) is 14.2 Å². The SMILES string of the molecule is CCCCCCCCCCCCCCC(OC(=O)CCCCCCC)C(O)CCO[C@H]1O[C@H](CO)[C@H](O)[C@H](O)[C@H]1O. The van der Waals surface area contributed by atoms with Crippen LogP contribution in [0.5, 0.6) is 0 Å². The van der Waals surface area contributed by atoms with Crippen LogP contribution in [0.4, 0.5) is 0 Å². The first-order valence-corrected chi connectivity index (χ1v) is 16.6. The predicted molar refractivity (Wildman–Crippen MR) is 159 cm³/mol. The molecular formula is C32H62O9. The maximum Gasteiger partial charge on any atom is 0.306 e. The zero-order chi connectivity index (χ0) is 30.3. The summed E-state index contributed by atoms with van der Waals surface area (Å²) in [5.74, 6) is -0.292. The van der Waals surface area contributed by atoms with Crippen LogP contribution in [0.25, 0.3) is 0 Å². The molecule has 1 aliphatic heterocycles. The molecule has 0 aliphatic carbocycles. The van der Waals surface area contributed by atoms with Gasteiger partial charge in [0.05, 0.1) is 19.3 Å². The Hall–Kier alpha value is -0.810. The summed E-state index contributed by atoms with van der Waals surface area (Å²) in [5.41, 5.74) is 0. The van der Waals surface area contributed by atoms with E-state index in [0.29, 0.717) is 12.8 Å². The molecule has 7 atom stereocenters. The standard InChI is InChI=1S/C32H62O9/c1-3-5-7-9-10-11-12-13-14-15-17-18-20-26(40-28(35)21-19-16-8-6-4-2)25(34)22-23-39-32-31(38)30(37)29(36)27(24-33)41-32/h25-27,29-34,36-38H,3-24H2,1-2H3/t25?,26?,27-,29+,30+,31-,32+/m1/s1. The molecule has 0 radical (unpaired) electrons. The van der Waals surface area contributed by atoms with Crippen LogP contribution in [-0.2, 0) is 19.0 Å². The fourth-order valence-corrected chi connectivity index (χ4v) is 5.31. The van der Waals surface area contributed by atoms with Crippen LogP contribution in [0, 0.1) is 0 Å². The molecule has 0 saturated carbocycles. The largest absolute Gasteiger partial charge is 0.460 e. The third kappa shape index (κ3) is 17.2. The molecule has 41 heavy (non-hydrogen) atoms. The van der Waals surface area contributed by atoms with Crippen LogP contribution >= 0.6 is 0 Å². The van der Waals surface area contributed by atoms with Crippen molar-refractivity contribution >= 4 is 5.97 Å². The average molecular weight is 591 g/mol. The summed E-state index contributed by atoms with van der Waals surface area (Å²) in [4.78, 5) is 12.5. The molecule has 244 valence electrons. The van der Waals surface area contributed by atoms with Crippen molar-refractivity contribution in [2.24, 2.45) is 0 Å². The maximum atomic E-state index is 12.5. The van der Waals surface area contributed by atoms with E-state index in [9.17, 15) is 30.3 Å². The van der Waals surface area contributed by atoms with E-state index in [1.165, 1.54) is 57.8 Å². The van der Waals surface area contributed by atoms with Crippen LogP contribution < -0.4 is 0 Å². The van der Waals surface area contributed by atoms with Gasteiger partial charge in [-0.05, 0) is 19.3 Å². The fraction of sp³-hybridized carbons (Fsp3) is 0.969. The lowest BCUT2D eigenvalue weighted by molar-refractivity contribution is -0.302. The van der Waals surface area contributed by atoms with Crippen LogP contribution in [0.15, 0.2) is 0 Å². The number of ether oxygens (including phenoxy) is 3. The van der Waals surface area contributed by atoms with Crippen molar-refractivity contribution in [3.63, 3.8) is 0 Å². The second-order valence-corrected chi connectivity index (χ2v) is 11.8. The van der Waals surface area contributed by atoms with E-state index in [1.807, 2.05) is 0 Å². The Morgan fingerprint density at radius 1 is 0.707 bits per heavy atom. The minimum absolute atomic E-state index is 0.0205. The number of hydrogen-bond donors (Lipinski definition) is 5. The van der Waals surface area contributed by atoms with Gasteiger partial charge in [-0.2, -0.15) is 0 Å². The molecule has 1 fully saturated rings. The van der Waals surface area contributed by atoms with Crippen LogP contribution in [0.3, 0.4) is 0 Å². The van der Waals surface area contributed by atoms with Crippen LogP contribution in [0.1, 0.15) is 142 Å². The number of hydrogen-bond acceptors (Lipinski definition) is 9. The third-order valence-electron chi connectivity index (χ3n) is 8.08. The van der Waals surface area contributed by atoms with Crippen molar-refractivity contribution in [2.75, 3.05) is 13.2 Å². The van der Waals surface area contributed by atoms with Crippen molar-refractivity contribution in [2.45, 2.75) is 185 Å². The number of carbonyl (C=O) groups excluding carboxylic acids is 1. The van der Waals surface area contributed by atoms with E-state index >= 15 is 0 Å². The lowest BCUT2D eigenvalue weighted by Crippen LogP contribution is -2.59. The van der Waals surface area contributed by atoms with Gasteiger partial charge in [0.1, 0.15) is 30.5 Å². The summed E-state index contributed by atoms with van der Waals surface area (Å²) in [6, 6.07) is 0. The van der Waals surface area contributed by atoms with Gasteiger partial charge in [-0.1, -0.05) is 110 Å². The highest BCUT2D eigenvalue weighted by molar-refractivity contribution is 5.69. The lowest BCUT2D eigenvalue weighted by Gasteiger charge is -2.39. The Morgan fingerprint density at radius 2 is 1.22 bits per heavy atom. The third-order valence-corrected chi connectivity index (χ3v) is 8.08. The van der Waals surface area contributed by atoms with Gasteiger partial charge in [0.2, 0.25) is 0 Å². The second-order valence-electron chi connectivity index (χ2n) is 11.8. The van der Waals surface area contributed by atoms with Crippen LogP contribution in [-0.4, -0.2) is 87.6 Å². The van der Waals surface area contributed by atoms with E-state index in [1.54, 1.807) is 0 Å². The molecule has 9 nitrogen and oxygen atoms in total. The molecule has 2 unspecified atom stereocenters. The second kappa shape index (κ2) is 24.6. The number of rotatable bonds is 26. The van der Waals surface area contributed by atoms with E-state index in [2.05, 4.69) is 13.8 Å². The first-order valence-electron chi connectivity index (χ1n) is 16.6.